The van der Waals surface area contributed by atoms with Gasteiger partial charge in [-0.1, -0.05) is 43.3 Å². The van der Waals surface area contributed by atoms with Crippen LogP contribution in [0, 0.1) is 0 Å². The van der Waals surface area contributed by atoms with Crippen LogP contribution in [0.2, 0.25) is 0 Å². The molecule has 1 N–H and O–H groups in total. The van der Waals surface area contributed by atoms with E-state index in [0.717, 1.165) is 30.5 Å². The van der Waals surface area contributed by atoms with Crippen molar-refractivity contribution >= 4 is 17.8 Å². The van der Waals surface area contributed by atoms with E-state index in [1.807, 2.05) is 30.3 Å². The summed E-state index contributed by atoms with van der Waals surface area (Å²) in [5.41, 5.74) is 7.67. The van der Waals surface area contributed by atoms with Gasteiger partial charge in [-0.05, 0) is 68.4 Å². The molecule has 0 aromatic heterocycles. The minimum absolute atomic E-state index is 0.0645. The highest BCUT2D eigenvalue weighted by molar-refractivity contribution is 5.84. The normalized spacial score (nSPS) is 18.1. The van der Waals surface area contributed by atoms with E-state index in [4.69, 9.17) is 0 Å². The van der Waals surface area contributed by atoms with Crippen LogP contribution in [0.5, 0.6) is 0 Å². The third kappa shape index (κ3) is 4.61. The Balaban J connectivity index is 1.62. The summed E-state index contributed by atoms with van der Waals surface area (Å²) in [6, 6.07) is 16.5. The minimum atomic E-state index is -0.0645. The van der Waals surface area contributed by atoms with Gasteiger partial charge in [-0.25, -0.2) is 5.43 Å². The second-order valence-electron chi connectivity index (χ2n) is 8.26. The Bertz CT molecular complexity index is 842. The molecule has 0 aliphatic carbocycles. The van der Waals surface area contributed by atoms with Crippen LogP contribution in [-0.2, 0) is 11.2 Å². The van der Waals surface area contributed by atoms with Crippen molar-refractivity contribution < 1.29 is 4.79 Å². The smallest absolute Gasteiger partial charge is 0.240 e. The monoisotopic (exact) mass is 377 g/mol. The Labute approximate surface area is 168 Å². The van der Waals surface area contributed by atoms with Crippen molar-refractivity contribution in [3.63, 3.8) is 0 Å². The van der Waals surface area contributed by atoms with Gasteiger partial charge in [-0.2, -0.15) is 5.10 Å². The standard InChI is InChI=1S/C24H31N3O/c1-5-27-22-13-11-20(15-21(22)18(2)16-24(27,3)4)17-25-26-23(28)14-12-19-9-7-6-8-10-19/h6-11,13,15,17-18H,5,12,14,16H2,1-4H3,(H,26,28)/b25-17+/t18-/m1/s1. The Hall–Kier alpha value is -2.62. The lowest BCUT2D eigenvalue weighted by molar-refractivity contribution is -0.121. The minimum Gasteiger partial charge on any atom is -0.366 e. The summed E-state index contributed by atoms with van der Waals surface area (Å²) in [6.45, 7) is 10.1. The molecule has 1 aliphatic rings. The van der Waals surface area contributed by atoms with Gasteiger partial charge in [0.25, 0.3) is 0 Å². The molecular formula is C24H31N3O. The molecule has 0 unspecified atom stereocenters. The van der Waals surface area contributed by atoms with Gasteiger partial charge in [0.15, 0.2) is 0 Å². The van der Waals surface area contributed by atoms with Gasteiger partial charge in [0.05, 0.1) is 6.21 Å². The maximum atomic E-state index is 12.0. The number of rotatable bonds is 6. The predicted octanol–water partition coefficient (Wildman–Crippen LogP) is 4.88. The second kappa shape index (κ2) is 8.59. The summed E-state index contributed by atoms with van der Waals surface area (Å²) < 4.78 is 0. The van der Waals surface area contributed by atoms with Crippen molar-refractivity contribution in [3.05, 3.63) is 65.2 Å². The molecule has 1 heterocycles. The van der Waals surface area contributed by atoms with Crippen molar-refractivity contribution in [1.82, 2.24) is 5.43 Å². The number of nitrogens with one attached hydrogen (secondary N) is 1. The third-order valence-electron chi connectivity index (χ3n) is 5.61. The lowest BCUT2D eigenvalue weighted by Crippen LogP contribution is -2.48. The molecule has 2 aromatic rings. The molecule has 28 heavy (non-hydrogen) atoms. The summed E-state index contributed by atoms with van der Waals surface area (Å²) in [7, 11) is 0. The first-order chi connectivity index (χ1) is 13.4. The van der Waals surface area contributed by atoms with Crippen molar-refractivity contribution in [3.8, 4) is 0 Å². The quantitative estimate of drug-likeness (QED) is 0.576. The van der Waals surface area contributed by atoms with Gasteiger partial charge in [0.1, 0.15) is 0 Å². The van der Waals surface area contributed by atoms with E-state index in [2.05, 4.69) is 61.3 Å². The Morgan fingerprint density at radius 1 is 1.25 bits per heavy atom. The summed E-state index contributed by atoms with van der Waals surface area (Å²) in [5.74, 6) is 0.437. The molecule has 0 bridgehead atoms. The topological polar surface area (TPSA) is 44.7 Å². The molecule has 4 heteroatoms. The first kappa shape index (κ1) is 20.1. The summed E-state index contributed by atoms with van der Waals surface area (Å²) in [4.78, 5) is 14.5. The number of hydrazone groups is 1. The summed E-state index contributed by atoms with van der Waals surface area (Å²) in [5, 5.41) is 4.16. The number of fused-ring (bicyclic) bond motifs is 1. The van der Waals surface area contributed by atoms with E-state index >= 15 is 0 Å². The van der Waals surface area contributed by atoms with E-state index in [0.29, 0.717) is 12.3 Å². The molecule has 1 atom stereocenters. The third-order valence-corrected chi connectivity index (χ3v) is 5.61. The number of hydrogen-bond acceptors (Lipinski definition) is 3. The molecule has 0 saturated carbocycles. The van der Waals surface area contributed by atoms with E-state index in [1.54, 1.807) is 6.21 Å². The zero-order chi connectivity index (χ0) is 20.1. The van der Waals surface area contributed by atoms with Gasteiger partial charge < -0.3 is 4.90 Å². The lowest BCUT2D eigenvalue weighted by atomic mass is 9.79. The Morgan fingerprint density at radius 2 is 2.00 bits per heavy atom. The first-order valence-corrected chi connectivity index (χ1v) is 10.2. The molecular weight excluding hydrogens is 346 g/mol. The SMILES string of the molecule is CCN1c2ccc(/C=N/NC(=O)CCc3ccccc3)cc2[C@H](C)CC1(C)C. The molecule has 0 fully saturated rings. The van der Waals surface area contributed by atoms with Gasteiger partial charge >= 0.3 is 0 Å². The predicted molar refractivity (Wildman–Crippen MR) is 117 cm³/mol. The first-order valence-electron chi connectivity index (χ1n) is 10.2. The van der Waals surface area contributed by atoms with Crippen LogP contribution >= 0.6 is 0 Å². The fourth-order valence-electron chi connectivity index (χ4n) is 4.32. The summed E-state index contributed by atoms with van der Waals surface area (Å²) >= 11 is 0. The van der Waals surface area contributed by atoms with Crippen molar-refractivity contribution in [2.75, 3.05) is 11.4 Å². The molecule has 4 nitrogen and oxygen atoms in total. The number of anilines is 1. The zero-order valence-electron chi connectivity index (χ0n) is 17.4. The Kier molecular flexibility index (Phi) is 6.18. The highest BCUT2D eigenvalue weighted by Crippen LogP contribution is 2.43. The van der Waals surface area contributed by atoms with Crippen LogP contribution in [-0.4, -0.2) is 24.2 Å². The van der Waals surface area contributed by atoms with E-state index < -0.39 is 0 Å². The summed E-state index contributed by atoms with van der Waals surface area (Å²) in [6.07, 6.45) is 4.03. The average Bonchev–Trinajstić information content (AvgIpc) is 2.67. The molecule has 0 spiro atoms. The fourth-order valence-corrected chi connectivity index (χ4v) is 4.32. The fraction of sp³-hybridized carbons (Fsp3) is 0.417. The number of hydrogen-bond donors (Lipinski definition) is 1. The maximum Gasteiger partial charge on any atom is 0.240 e. The molecule has 0 radical (unpaired) electrons. The lowest BCUT2D eigenvalue weighted by Gasteiger charge is -2.47. The number of benzene rings is 2. The molecule has 148 valence electrons. The Morgan fingerprint density at radius 3 is 2.71 bits per heavy atom. The van der Waals surface area contributed by atoms with Crippen LogP contribution in [0.25, 0.3) is 0 Å². The number of aryl methyl sites for hydroxylation is 1. The molecule has 3 rings (SSSR count). The van der Waals surface area contributed by atoms with Gasteiger partial charge in [0.2, 0.25) is 5.91 Å². The van der Waals surface area contributed by atoms with E-state index in [-0.39, 0.29) is 11.4 Å². The van der Waals surface area contributed by atoms with Crippen LogP contribution in [0.3, 0.4) is 0 Å². The van der Waals surface area contributed by atoms with E-state index in [1.165, 1.54) is 11.3 Å². The van der Waals surface area contributed by atoms with Gasteiger partial charge in [-0.15, -0.1) is 0 Å². The average molecular weight is 378 g/mol. The van der Waals surface area contributed by atoms with Gasteiger partial charge in [-0.3, -0.25) is 4.79 Å². The van der Waals surface area contributed by atoms with Gasteiger partial charge in [0, 0.05) is 24.2 Å². The molecule has 2 aromatic carbocycles. The molecule has 1 aliphatic heterocycles. The van der Waals surface area contributed by atoms with Crippen molar-refractivity contribution in [2.45, 2.75) is 58.4 Å². The van der Waals surface area contributed by atoms with Crippen LogP contribution < -0.4 is 10.3 Å². The van der Waals surface area contributed by atoms with Crippen molar-refractivity contribution in [2.24, 2.45) is 5.10 Å². The number of carbonyl (C=O) groups excluding carboxylic acids is 1. The molecule has 0 saturated heterocycles. The zero-order valence-corrected chi connectivity index (χ0v) is 17.4. The van der Waals surface area contributed by atoms with E-state index in [9.17, 15) is 4.79 Å². The highest BCUT2D eigenvalue weighted by Gasteiger charge is 2.35. The van der Waals surface area contributed by atoms with Crippen LogP contribution in [0.15, 0.2) is 53.6 Å². The maximum absolute atomic E-state index is 12.0. The van der Waals surface area contributed by atoms with Crippen LogP contribution in [0.1, 0.15) is 63.1 Å². The number of carbonyl (C=O) groups is 1. The van der Waals surface area contributed by atoms with Crippen LogP contribution in [0.4, 0.5) is 5.69 Å². The molecule has 1 amide bonds. The van der Waals surface area contributed by atoms with Crippen molar-refractivity contribution in [1.29, 1.82) is 0 Å². The number of amides is 1. The number of nitrogens with zero attached hydrogens (tertiary/aromatic N) is 2. The second-order valence-corrected chi connectivity index (χ2v) is 8.26. The largest absolute Gasteiger partial charge is 0.366 e. The highest BCUT2D eigenvalue weighted by atomic mass is 16.2.